The third-order valence-corrected chi connectivity index (χ3v) is 8.45. The van der Waals surface area contributed by atoms with Gasteiger partial charge in [-0.3, -0.25) is 24.3 Å². The number of anilines is 1. The maximum Gasteiger partial charge on any atom is 0.244 e. The molecule has 0 spiro atoms. The molecule has 11 heteroatoms. The number of piperidine rings is 1. The van der Waals surface area contributed by atoms with E-state index in [1.54, 1.807) is 23.4 Å². The SMILES string of the molecule is CCN(CC)C(=O)C1CCCN(C(=O)CN2CC(C)(C)OCC2C(=O)Nc2cc(Cl)cc3c2[nH]c2cnccc23)C1. The number of likely N-dealkylation sites (tertiary alicyclic amines) is 1. The van der Waals surface area contributed by atoms with E-state index in [-0.39, 0.29) is 36.8 Å². The molecule has 41 heavy (non-hydrogen) atoms. The van der Waals surface area contributed by atoms with Crippen molar-refractivity contribution in [3.05, 3.63) is 35.6 Å². The van der Waals surface area contributed by atoms with Crippen LogP contribution < -0.4 is 5.32 Å². The van der Waals surface area contributed by atoms with Crippen LogP contribution in [0.15, 0.2) is 30.6 Å². The lowest BCUT2D eigenvalue weighted by Gasteiger charge is -2.43. The van der Waals surface area contributed by atoms with Gasteiger partial charge in [0.2, 0.25) is 17.7 Å². The predicted octanol–water partition coefficient (Wildman–Crippen LogP) is 3.89. The second-order valence-corrected chi connectivity index (χ2v) is 12.0. The van der Waals surface area contributed by atoms with Crippen LogP contribution >= 0.6 is 11.6 Å². The first-order valence-corrected chi connectivity index (χ1v) is 14.8. The number of hydrogen-bond donors (Lipinski definition) is 2. The zero-order valence-corrected chi connectivity index (χ0v) is 25.0. The minimum Gasteiger partial charge on any atom is -0.372 e. The molecule has 2 aromatic heterocycles. The van der Waals surface area contributed by atoms with Crippen LogP contribution in [0.25, 0.3) is 21.8 Å². The molecule has 2 unspecified atom stereocenters. The Kier molecular flexibility index (Phi) is 8.54. The molecule has 4 heterocycles. The summed E-state index contributed by atoms with van der Waals surface area (Å²) < 4.78 is 6.03. The highest BCUT2D eigenvalue weighted by molar-refractivity contribution is 6.33. The molecule has 0 bridgehead atoms. The normalized spacial score (nSPS) is 21.2. The van der Waals surface area contributed by atoms with Crippen molar-refractivity contribution in [3.63, 3.8) is 0 Å². The van der Waals surface area contributed by atoms with E-state index in [0.29, 0.717) is 43.4 Å². The van der Waals surface area contributed by atoms with E-state index >= 15 is 0 Å². The van der Waals surface area contributed by atoms with Crippen LogP contribution in [-0.2, 0) is 19.1 Å². The first-order chi connectivity index (χ1) is 19.6. The van der Waals surface area contributed by atoms with Crippen molar-refractivity contribution in [2.24, 2.45) is 5.92 Å². The van der Waals surface area contributed by atoms with Gasteiger partial charge in [-0.25, -0.2) is 0 Å². The van der Waals surface area contributed by atoms with Gasteiger partial charge in [0.15, 0.2) is 0 Å². The average molecular weight is 583 g/mol. The van der Waals surface area contributed by atoms with E-state index in [2.05, 4.69) is 15.3 Å². The number of carbonyl (C=O) groups is 3. The Balaban J connectivity index is 1.33. The van der Waals surface area contributed by atoms with Crippen molar-refractivity contribution >= 4 is 56.8 Å². The largest absolute Gasteiger partial charge is 0.372 e. The van der Waals surface area contributed by atoms with Gasteiger partial charge in [-0.2, -0.15) is 0 Å². The highest BCUT2D eigenvalue weighted by atomic mass is 35.5. The molecular weight excluding hydrogens is 544 g/mol. The highest BCUT2D eigenvalue weighted by Gasteiger charge is 2.40. The summed E-state index contributed by atoms with van der Waals surface area (Å²) in [7, 11) is 0. The summed E-state index contributed by atoms with van der Waals surface area (Å²) in [6, 6.07) is 4.81. The predicted molar refractivity (Wildman–Crippen MR) is 160 cm³/mol. The summed E-state index contributed by atoms with van der Waals surface area (Å²) in [6.45, 7) is 10.8. The Morgan fingerprint density at radius 2 is 2.00 bits per heavy atom. The smallest absolute Gasteiger partial charge is 0.244 e. The number of nitrogens with one attached hydrogen (secondary N) is 2. The Morgan fingerprint density at radius 3 is 2.76 bits per heavy atom. The van der Waals surface area contributed by atoms with Crippen molar-refractivity contribution < 1.29 is 19.1 Å². The number of halogens is 1. The Morgan fingerprint density at radius 1 is 1.22 bits per heavy atom. The zero-order chi connectivity index (χ0) is 29.3. The average Bonchev–Trinajstić information content (AvgIpc) is 3.32. The number of fused-ring (bicyclic) bond motifs is 3. The number of hydrogen-bond acceptors (Lipinski definition) is 6. The fourth-order valence-corrected chi connectivity index (χ4v) is 6.29. The number of H-pyrrole nitrogens is 1. The molecule has 2 atom stereocenters. The van der Waals surface area contributed by atoms with Gasteiger partial charge >= 0.3 is 0 Å². The second-order valence-electron chi connectivity index (χ2n) is 11.6. The summed E-state index contributed by atoms with van der Waals surface area (Å²) in [6.07, 6.45) is 5.02. The number of carbonyl (C=O) groups excluding carboxylic acids is 3. The van der Waals surface area contributed by atoms with Crippen LogP contribution in [0.4, 0.5) is 5.69 Å². The minimum absolute atomic E-state index is 0.0695. The van der Waals surface area contributed by atoms with Gasteiger partial charge in [0.1, 0.15) is 6.04 Å². The lowest BCUT2D eigenvalue weighted by molar-refractivity contribution is -0.151. The quantitative estimate of drug-likeness (QED) is 0.437. The van der Waals surface area contributed by atoms with E-state index in [1.165, 1.54) is 0 Å². The molecule has 3 amide bonds. The fraction of sp³-hybridized carbons (Fsp3) is 0.533. The number of nitrogens with zero attached hydrogens (tertiary/aromatic N) is 4. The van der Waals surface area contributed by atoms with E-state index < -0.39 is 11.6 Å². The number of benzene rings is 1. The van der Waals surface area contributed by atoms with Crippen LogP contribution in [0.3, 0.4) is 0 Å². The van der Waals surface area contributed by atoms with Crippen molar-refractivity contribution in [1.82, 2.24) is 24.7 Å². The van der Waals surface area contributed by atoms with E-state index in [9.17, 15) is 14.4 Å². The van der Waals surface area contributed by atoms with E-state index in [1.807, 2.05) is 49.6 Å². The minimum atomic E-state index is -0.676. The maximum atomic E-state index is 13.7. The molecule has 1 aromatic carbocycles. The highest BCUT2D eigenvalue weighted by Crippen LogP contribution is 2.33. The van der Waals surface area contributed by atoms with E-state index in [4.69, 9.17) is 16.3 Å². The van der Waals surface area contributed by atoms with Crippen LogP contribution in [0, 0.1) is 5.92 Å². The first kappa shape index (κ1) is 29.3. The van der Waals surface area contributed by atoms with Crippen LogP contribution in [0.1, 0.15) is 40.5 Å². The van der Waals surface area contributed by atoms with Gasteiger partial charge in [-0.1, -0.05) is 11.6 Å². The van der Waals surface area contributed by atoms with Crippen LogP contribution in [0.2, 0.25) is 5.02 Å². The van der Waals surface area contributed by atoms with Gasteiger partial charge in [0, 0.05) is 54.7 Å². The monoisotopic (exact) mass is 582 g/mol. The molecule has 3 aromatic rings. The molecule has 2 aliphatic heterocycles. The number of pyridine rings is 1. The molecule has 2 N–H and O–H groups in total. The number of aromatic amines is 1. The van der Waals surface area contributed by atoms with Crippen molar-refractivity contribution in [2.45, 2.75) is 52.2 Å². The van der Waals surface area contributed by atoms with Gasteiger partial charge in [-0.15, -0.1) is 0 Å². The molecule has 5 rings (SSSR count). The summed E-state index contributed by atoms with van der Waals surface area (Å²) in [5.41, 5.74) is 1.63. The summed E-state index contributed by atoms with van der Waals surface area (Å²) in [4.78, 5) is 53.3. The summed E-state index contributed by atoms with van der Waals surface area (Å²) in [5.74, 6) is -0.435. The lowest BCUT2D eigenvalue weighted by Crippen LogP contribution is -2.60. The number of aromatic nitrogens is 2. The molecule has 2 aliphatic rings. The van der Waals surface area contributed by atoms with Gasteiger partial charge < -0.3 is 24.8 Å². The third kappa shape index (κ3) is 6.19. The number of ether oxygens (including phenoxy) is 1. The Bertz CT molecular complexity index is 1450. The third-order valence-electron chi connectivity index (χ3n) is 8.23. The number of morpholine rings is 1. The fourth-order valence-electron chi connectivity index (χ4n) is 6.07. The number of amides is 3. The van der Waals surface area contributed by atoms with Gasteiger partial charge in [-0.05, 0) is 58.7 Å². The maximum absolute atomic E-state index is 13.7. The molecule has 0 saturated carbocycles. The zero-order valence-electron chi connectivity index (χ0n) is 24.2. The lowest BCUT2D eigenvalue weighted by atomic mass is 9.96. The molecular formula is C30H39ClN6O4. The molecule has 2 fully saturated rings. The van der Waals surface area contributed by atoms with Gasteiger partial charge in [0.05, 0.1) is 47.6 Å². The molecule has 10 nitrogen and oxygen atoms in total. The van der Waals surface area contributed by atoms with Gasteiger partial charge in [0.25, 0.3) is 0 Å². The van der Waals surface area contributed by atoms with Crippen molar-refractivity contribution in [1.29, 1.82) is 0 Å². The molecule has 0 aliphatic carbocycles. The second kappa shape index (κ2) is 12.0. The summed E-state index contributed by atoms with van der Waals surface area (Å²) >= 11 is 6.45. The first-order valence-electron chi connectivity index (χ1n) is 14.4. The molecule has 220 valence electrons. The molecule has 2 saturated heterocycles. The van der Waals surface area contributed by atoms with Crippen molar-refractivity contribution in [2.75, 3.05) is 51.2 Å². The standard InChI is InChI=1S/C30H39ClN6O4/c1-5-35(6-2)29(40)19-8-7-11-36(15-19)26(38)16-37-18-30(3,4)41-17-25(37)28(39)34-23-13-20(31)12-22-21-9-10-32-14-24(21)33-27(22)23/h9-10,12-14,19,25,33H,5-8,11,15-18H2,1-4H3,(H,34,39). The van der Waals surface area contributed by atoms with Crippen molar-refractivity contribution in [3.8, 4) is 0 Å². The Hall–Kier alpha value is -3.21. The van der Waals surface area contributed by atoms with Crippen LogP contribution in [-0.4, -0.2) is 99.9 Å². The molecule has 0 radical (unpaired) electrons. The number of rotatable bonds is 7. The van der Waals surface area contributed by atoms with E-state index in [0.717, 1.165) is 34.6 Å². The summed E-state index contributed by atoms with van der Waals surface area (Å²) in [5, 5.41) is 5.39. The Labute approximate surface area is 245 Å². The topological polar surface area (TPSA) is 111 Å². The van der Waals surface area contributed by atoms with Crippen LogP contribution in [0.5, 0.6) is 0 Å².